The van der Waals surface area contributed by atoms with Crippen molar-refractivity contribution in [1.29, 1.82) is 5.26 Å². The van der Waals surface area contributed by atoms with Gasteiger partial charge in [0.15, 0.2) is 0 Å². The van der Waals surface area contributed by atoms with E-state index >= 15 is 0 Å². The van der Waals surface area contributed by atoms with E-state index in [1.165, 1.54) is 12.1 Å². The van der Waals surface area contributed by atoms with Crippen LogP contribution in [0.3, 0.4) is 0 Å². The molecule has 1 fully saturated rings. The van der Waals surface area contributed by atoms with Crippen molar-refractivity contribution < 1.29 is 18.7 Å². The molecule has 0 unspecified atom stereocenters. The van der Waals surface area contributed by atoms with Crippen LogP contribution >= 0.6 is 11.6 Å². The molecule has 1 aromatic rings. The number of aliphatic hydroxyl groups is 1. The number of alkyl halides is 2. The van der Waals surface area contributed by atoms with Crippen LogP contribution in [-0.2, 0) is 4.79 Å². The van der Waals surface area contributed by atoms with Crippen molar-refractivity contribution in [3.63, 3.8) is 0 Å². The lowest BCUT2D eigenvalue weighted by Crippen LogP contribution is -2.61. The van der Waals surface area contributed by atoms with Crippen molar-refractivity contribution >= 4 is 23.3 Å². The highest BCUT2D eigenvalue weighted by atomic mass is 35.5. The molecule has 0 saturated heterocycles. The summed E-state index contributed by atoms with van der Waals surface area (Å²) in [5.41, 5.74) is 1.75. The average Bonchev–Trinajstić information content (AvgIpc) is 2.41. The topological polar surface area (TPSA) is 98.0 Å². The first-order valence-electron chi connectivity index (χ1n) is 6.03. The van der Waals surface area contributed by atoms with Crippen LogP contribution in [0.15, 0.2) is 12.1 Å². The number of carbonyl (C=O) groups is 1. The Morgan fingerprint density at radius 3 is 2.71 bits per heavy atom. The van der Waals surface area contributed by atoms with Crippen molar-refractivity contribution in [3.05, 3.63) is 22.8 Å². The highest BCUT2D eigenvalue weighted by Crippen LogP contribution is 2.44. The Balaban J connectivity index is 2.04. The molecule has 0 radical (unpaired) electrons. The number of nitriles is 1. The Labute approximate surface area is 123 Å². The number of nitrogens with zero attached hydrogens (tertiary/aromatic N) is 2. The van der Waals surface area contributed by atoms with E-state index in [4.69, 9.17) is 16.9 Å². The quantitative estimate of drug-likeness (QED) is 0.579. The summed E-state index contributed by atoms with van der Waals surface area (Å²) in [6.07, 6.45) is 0.164. The summed E-state index contributed by atoms with van der Waals surface area (Å²) < 4.78 is 27.5. The van der Waals surface area contributed by atoms with Gasteiger partial charge < -0.3 is 5.11 Å². The highest BCUT2D eigenvalue weighted by Gasteiger charge is 2.61. The SMILES string of the molecule is N#Cc1cc(Cl)nc(NNC(=O)C(F)(F)C2(O)CCC2)c1. The number of aromatic nitrogens is 1. The lowest BCUT2D eigenvalue weighted by molar-refractivity contribution is -0.215. The summed E-state index contributed by atoms with van der Waals surface area (Å²) >= 11 is 5.64. The van der Waals surface area contributed by atoms with Gasteiger partial charge in [-0.25, -0.2) is 4.98 Å². The Morgan fingerprint density at radius 2 is 2.19 bits per heavy atom. The van der Waals surface area contributed by atoms with Gasteiger partial charge in [-0.15, -0.1) is 0 Å². The average molecular weight is 317 g/mol. The molecule has 1 saturated carbocycles. The standard InChI is InChI=1S/C12H11ClF2N4O2/c13-8-4-7(6-16)5-9(17-8)18-19-10(20)12(14,15)11(21)2-1-3-11/h4-5,21H,1-3H2,(H,17,18)(H,19,20). The van der Waals surface area contributed by atoms with Gasteiger partial charge >= 0.3 is 11.8 Å². The fourth-order valence-electron chi connectivity index (χ4n) is 1.86. The molecule has 0 atom stereocenters. The van der Waals surface area contributed by atoms with Crippen LogP contribution in [0.25, 0.3) is 0 Å². The predicted molar refractivity (Wildman–Crippen MR) is 69.5 cm³/mol. The predicted octanol–water partition coefficient (Wildman–Crippen LogP) is 1.60. The van der Waals surface area contributed by atoms with Crippen LogP contribution in [-0.4, -0.2) is 27.5 Å². The van der Waals surface area contributed by atoms with Gasteiger partial charge in [0.2, 0.25) is 0 Å². The number of anilines is 1. The number of halogens is 3. The van der Waals surface area contributed by atoms with Crippen LogP contribution in [0.4, 0.5) is 14.6 Å². The minimum Gasteiger partial charge on any atom is -0.383 e. The lowest BCUT2D eigenvalue weighted by Gasteiger charge is -2.41. The minimum atomic E-state index is -3.92. The van der Waals surface area contributed by atoms with Gasteiger partial charge in [0, 0.05) is 6.07 Å². The zero-order valence-electron chi connectivity index (χ0n) is 10.7. The van der Waals surface area contributed by atoms with Crippen LogP contribution in [0, 0.1) is 11.3 Å². The molecule has 112 valence electrons. The van der Waals surface area contributed by atoms with E-state index in [2.05, 4.69) is 10.4 Å². The Bertz CT molecular complexity index is 614. The van der Waals surface area contributed by atoms with E-state index < -0.39 is 17.4 Å². The number of carbonyl (C=O) groups excluding carboxylic acids is 1. The van der Waals surface area contributed by atoms with Crippen LogP contribution in [0.2, 0.25) is 5.15 Å². The lowest BCUT2D eigenvalue weighted by atomic mass is 9.75. The zero-order chi connectivity index (χ0) is 15.7. The number of hydrazine groups is 1. The third-order valence-corrected chi connectivity index (χ3v) is 3.47. The molecule has 0 aromatic carbocycles. The first-order valence-corrected chi connectivity index (χ1v) is 6.41. The van der Waals surface area contributed by atoms with E-state index in [-0.39, 0.29) is 29.4 Å². The number of pyridine rings is 1. The summed E-state index contributed by atoms with van der Waals surface area (Å²) in [4.78, 5) is 15.2. The maximum atomic E-state index is 13.8. The van der Waals surface area contributed by atoms with Crippen molar-refractivity contribution in [2.24, 2.45) is 0 Å². The summed E-state index contributed by atoms with van der Waals surface area (Å²) in [7, 11) is 0. The first-order chi connectivity index (χ1) is 9.78. The monoisotopic (exact) mass is 316 g/mol. The molecule has 2 rings (SSSR count). The molecule has 1 heterocycles. The van der Waals surface area contributed by atoms with Crippen LogP contribution in [0.1, 0.15) is 24.8 Å². The summed E-state index contributed by atoms with van der Waals surface area (Å²) in [6, 6.07) is 4.31. The van der Waals surface area contributed by atoms with Crippen molar-refractivity contribution in [2.45, 2.75) is 30.8 Å². The number of rotatable bonds is 4. The molecule has 9 heteroatoms. The summed E-state index contributed by atoms with van der Waals surface area (Å²) in [5, 5.41) is 18.3. The smallest absolute Gasteiger partial charge is 0.354 e. The van der Waals surface area contributed by atoms with Gasteiger partial charge in [-0.1, -0.05) is 11.6 Å². The molecule has 1 aromatic heterocycles. The van der Waals surface area contributed by atoms with Gasteiger partial charge in [0.25, 0.3) is 0 Å². The Hall–Kier alpha value is -1.98. The van der Waals surface area contributed by atoms with Gasteiger partial charge in [0.05, 0.1) is 11.6 Å². The maximum Gasteiger partial charge on any atom is 0.354 e. The zero-order valence-corrected chi connectivity index (χ0v) is 11.4. The van der Waals surface area contributed by atoms with E-state index in [0.29, 0.717) is 6.42 Å². The van der Waals surface area contributed by atoms with E-state index in [0.717, 1.165) is 0 Å². The normalized spacial score (nSPS) is 16.5. The molecule has 1 aliphatic carbocycles. The highest BCUT2D eigenvalue weighted by molar-refractivity contribution is 6.29. The van der Waals surface area contributed by atoms with E-state index in [1.807, 2.05) is 0 Å². The van der Waals surface area contributed by atoms with Crippen LogP contribution < -0.4 is 10.9 Å². The van der Waals surface area contributed by atoms with E-state index in [9.17, 15) is 18.7 Å². The van der Waals surface area contributed by atoms with Crippen molar-refractivity contribution in [3.8, 4) is 6.07 Å². The third-order valence-electron chi connectivity index (χ3n) is 3.28. The molecule has 1 amide bonds. The van der Waals surface area contributed by atoms with Gasteiger partial charge in [-0.2, -0.15) is 14.0 Å². The van der Waals surface area contributed by atoms with Gasteiger partial charge in [-0.3, -0.25) is 15.6 Å². The molecule has 0 bridgehead atoms. The molecule has 6 nitrogen and oxygen atoms in total. The molecule has 1 aliphatic rings. The fourth-order valence-corrected chi connectivity index (χ4v) is 2.07. The minimum absolute atomic E-state index is 0.0322. The van der Waals surface area contributed by atoms with Crippen LogP contribution in [0.5, 0.6) is 0 Å². The maximum absolute atomic E-state index is 13.8. The molecule has 0 aliphatic heterocycles. The van der Waals surface area contributed by atoms with Crippen molar-refractivity contribution in [2.75, 3.05) is 5.43 Å². The number of hydrogen-bond donors (Lipinski definition) is 3. The molecule has 3 N–H and O–H groups in total. The number of hydrogen-bond acceptors (Lipinski definition) is 5. The fraction of sp³-hybridized carbons (Fsp3) is 0.417. The van der Waals surface area contributed by atoms with Gasteiger partial charge in [-0.05, 0) is 25.3 Å². The number of amides is 1. The Kier molecular flexibility index (Phi) is 3.98. The third kappa shape index (κ3) is 2.89. The molecule has 0 spiro atoms. The Morgan fingerprint density at radius 1 is 1.52 bits per heavy atom. The molecular formula is C12H11ClF2N4O2. The van der Waals surface area contributed by atoms with E-state index in [1.54, 1.807) is 11.5 Å². The largest absolute Gasteiger partial charge is 0.383 e. The molecule has 21 heavy (non-hydrogen) atoms. The summed E-state index contributed by atoms with van der Waals surface area (Å²) in [5.74, 6) is -5.66. The first kappa shape index (κ1) is 15.4. The molecular weight excluding hydrogens is 306 g/mol. The second-order valence-electron chi connectivity index (χ2n) is 4.71. The van der Waals surface area contributed by atoms with Crippen molar-refractivity contribution in [1.82, 2.24) is 10.4 Å². The second-order valence-corrected chi connectivity index (χ2v) is 5.10. The van der Waals surface area contributed by atoms with Gasteiger partial charge in [0.1, 0.15) is 16.6 Å². The summed E-state index contributed by atoms with van der Waals surface area (Å²) in [6.45, 7) is 0. The second kappa shape index (κ2) is 5.42. The number of nitrogens with one attached hydrogen (secondary N) is 2.